The van der Waals surface area contributed by atoms with E-state index in [2.05, 4.69) is 26.0 Å². The molecule has 0 amide bonds. The summed E-state index contributed by atoms with van der Waals surface area (Å²) in [5.41, 5.74) is 2.73. The van der Waals surface area contributed by atoms with Crippen LogP contribution >= 0.6 is 28.1 Å². The smallest absolute Gasteiger partial charge is 0.178 e. The van der Waals surface area contributed by atoms with Gasteiger partial charge in [-0.1, -0.05) is 0 Å². The van der Waals surface area contributed by atoms with Crippen LogP contribution in [-0.2, 0) is 20.0 Å². The molecule has 0 unspecified atom stereocenters. The van der Waals surface area contributed by atoms with Crippen LogP contribution in [-0.4, -0.2) is 19.3 Å². The van der Waals surface area contributed by atoms with Crippen molar-refractivity contribution in [2.45, 2.75) is 13.0 Å². The van der Waals surface area contributed by atoms with Gasteiger partial charge in [-0.3, -0.25) is 4.68 Å². The molecule has 20 heavy (non-hydrogen) atoms. The average Bonchev–Trinajstić information content (AvgIpc) is 2.92. The molecule has 2 aromatic heterocycles. The van der Waals surface area contributed by atoms with Gasteiger partial charge in [-0.05, 0) is 40.3 Å². The average molecular weight is 355 g/mol. The normalized spacial score (nSPS) is 11.3. The fourth-order valence-corrected chi connectivity index (χ4v) is 2.88. The van der Waals surface area contributed by atoms with Gasteiger partial charge in [0, 0.05) is 38.0 Å². The number of nitrogens with zero attached hydrogens (tertiary/aromatic N) is 3. The summed E-state index contributed by atoms with van der Waals surface area (Å²) in [5, 5.41) is 4.14. The van der Waals surface area contributed by atoms with E-state index in [1.807, 2.05) is 22.4 Å². The highest BCUT2D eigenvalue weighted by molar-refractivity contribution is 9.10. The van der Waals surface area contributed by atoms with Crippen LogP contribution in [0.5, 0.6) is 0 Å². The highest BCUT2D eigenvalue weighted by Gasteiger charge is 2.09. The molecule has 0 aliphatic rings. The molecule has 0 fully saturated rings. The van der Waals surface area contributed by atoms with Crippen LogP contribution in [0.25, 0.3) is 11.0 Å². The number of aryl methyl sites for hydroxylation is 3. The van der Waals surface area contributed by atoms with Gasteiger partial charge in [0.25, 0.3) is 0 Å². The minimum Gasteiger partial charge on any atom is -0.330 e. The summed E-state index contributed by atoms with van der Waals surface area (Å²) in [6.07, 6.45) is 2.59. The van der Waals surface area contributed by atoms with Gasteiger partial charge >= 0.3 is 0 Å². The summed E-state index contributed by atoms with van der Waals surface area (Å²) in [6, 6.07) is 5.18. The minimum atomic E-state index is -0.299. The van der Waals surface area contributed by atoms with Crippen molar-refractivity contribution in [3.63, 3.8) is 0 Å². The lowest BCUT2D eigenvalue weighted by atomic mass is 10.3. The van der Waals surface area contributed by atoms with Crippen LogP contribution < -0.4 is 0 Å². The van der Waals surface area contributed by atoms with Gasteiger partial charge in [0.05, 0.1) is 15.5 Å². The fraction of sp³-hybridized carbons (Fsp3) is 0.231. The molecule has 7 heteroatoms. The standard InChI is InChI=1S/C13H12BrFN4S/c1-18-8(2-4-16-18)3-5-19-12-6-9(14)10(15)7-11(12)17-13(19)20/h2,4,6-7H,3,5H2,1H3,(H,17,20). The maximum Gasteiger partial charge on any atom is 0.178 e. The Kier molecular flexibility index (Phi) is 3.47. The summed E-state index contributed by atoms with van der Waals surface area (Å²) in [7, 11) is 1.91. The summed E-state index contributed by atoms with van der Waals surface area (Å²) in [5.74, 6) is -0.299. The lowest BCUT2D eigenvalue weighted by molar-refractivity contribution is 0.622. The van der Waals surface area contributed by atoms with E-state index in [4.69, 9.17) is 12.2 Å². The fourth-order valence-electron chi connectivity index (χ4n) is 2.25. The third kappa shape index (κ3) is 2.31. The van der Waals surface area contributed by atoms with Gasteiger partial charge in [0.15, 0.2) is 4.77 Å². The molecule has 0 bridgehead atoms. The number of H-pyrrole nitrogens is 1. The maximum absolute atomic E-state index is 13.5. The lowest BCUT2D eigenvalue weighted by Crippen LogP contribution is -2.05. The van der Waals surface area contributed by atoms with Crippen molar-refractivity contribution in [1.82, 2.24) is 19.3 Å². The summed E-state index contributed by atoms with van der Waals surface area (Å²) >= 11 is 8.53. The Morgan fingerprint density at radius 2 is 2.25 bits per heavy atom. The molecule has 3 aromatic rings. The Labute approximate surface area is 128 Å². The van der Waals surface area contributed by atoms with Crippen LogP contribution in [0.4, 0.5) is 4.39 Å². The second-order valence-corrected chi connectivity index (χ2v) is 5.80. The maximum atomic E-state index is 13.5. The molecular formula is C13H12BrFN4S. The molecule has 0 radical (unpaired) electrons. The predicted octanol–water partition coefficient (Wildman–Crippen LogP) is 3.58. The highest BCUT2D eigenvalue weighted by Crippen LogP contribution is 2.23. The topological polar surface area (TPSA) is 38.5 Å². The first-order valence-electron chi connectivity index (χ1n) is 6.10. The van der Waals surface area contributed by atoms with Crippen LogP contribution in [0, 0.1) is 10.6 Å². The number of hydrogen-bond donors (Lipinski definition) is 1. The van der Waals surface area contributed by atoms with E-state index in [0.717, 1.165) is 24.2 Å². The minimum absolute atomic E-state index is 0.299. The third-order valence-electron chi connectivity index (χ3n) is 3.33. The van der Waals surface area contributed by atoms with E-state index in [9.17, 15) is 4.39 Å². The SMILES string of the molecule is Cn1nccc1CCn1c(=S)[nH]c2cc(F)c(Br)cc21. The second kappa shape index (κ2) is 5.14. The van der Waals surface area contributed by atoms with Crippen molar-refractivity contribution in [3.8, 4) is 0 Å². The summed E-state index contributed by atoms with van der Waals surface area (Å²) in [4.78, 5) is 3.03. The van der Waals surface area contributed by atoms with Gasteiger partial charge in [-0.2, -0.15) is 5.10 Å². The lowest BCUT2D eigenvalue weighted by Gasteiger charge is -2.05. The van der Waals surface area contributed by atoms with Gasteiger partial charge in [0.1, 0.15) is 5.82 Å². The van der Waals surface area contributed by atoms with Crippen molar-refractivity contribution in [2.75, 3.05) is 0 Å². The molecule has 0 saturated carbocycles. The first kappa shape index (κ1) is 13.5. The van der Waals surface area contributed by atoms with E-state index in [1.165, 1.54) is 6.07 Å². The molecule has 0 aliphatic carbocycles. The van der Waals surface area contributed by atoms with Crippen LogP contribution in [0.2, 0.25) is 0 Å². The Hall–Kier alpha value is -1.47. The van der Waals surface area contributed by atoms with Gasteiger partial charge < -0.3 is 9.55 Å². The summed E-state index contributed by atoms with van der Waals surface area (Å²) in [6.45, 7) is 0.719. The molecule has 104 valence electrons. The van der Waals surface area contributed by atoms with Crippen molar-refractivity contribution >= 4 is 39.2 Å². The Bertz CT molecular complexity index is 833. The van der Waals surface area contributed by atoms with E-state index < -0.39 is 0 Å². The predicted molar refractivity (Wildman–Crippen MR) is 81.7 cm³/mol. The van der Waals surface area contributed by atoms with Gasteiger partial charge in [-0.25, -0.2) is 4.39 Å². The molecule has 2 heterocycles. The number of benzene rings is 1. The number of halogens is 2. The Morgan fingerprint density at radius 1 is 1.45 bits per heavy atom. The van der Waals surface area contributed by atoms with Crippen LogP contribution in [0.3, 0.4) is 0 Å². The van der Waals surface area contributed by atoms with Crippen LogP contribution in [0.15, 0.2) is 28.9 Å². The number of fused-ring (bicyclic) bond motifs is 1. The van der Waals surface area contributed by atoms with Gasteiger partial charge in [-0.15, -0.1) is 0 Å². The molecule has 0 spiro atoms. The number of aromatic nitrogens is 4. The molecule has 1 N–H and O–H groups in total. The van der Waals surface area contributed by atoms with E-state index in [0.29, 0.717) is 14.8 Å². The molecule has 0 aliphatic heterocycles. The first-order chi connectivity index (χ1) is 9.56. The molecule has 0 atom stereocenters. The molecule has 3 rings (SSSR count). The van der Waals surface area contributed by atoms with Crippen molar-refractivity contribution < 1.29 is 4.39 Å². The van der Waals surface area contributed by atoms with E-state index >= 15 is 0 Å². The zero-order valence-corrected chi connectivity index (χ0v) is 13.1. The molecular weight excluding hydrogens is 343 g/mol. The molecule has 1 aromatic carbocycles. The third-order valence-corrected chi connectivity index (χ3v) is 4.26. The largest absolute Gasteiger partial charge is 0.330 e. The van der Waals surface area contributed by atoms with Crippen molar-refractivity contribution in [1.29, 1.82) is 0 Å². The second-order valence-electron chi connectivity index (χ2n) is 4.56. The van der Waals surface area contributed by atoms with Crippen molar-refractivity contribution in [3.05, 3.63) is 45.2 Å². The molecule has 0 saturated heterocycles. The number of hydrogen-bond acceptors (Lipinski definition) is 2. The van der Waals surface area contributed by atoms with Crippen molar-refractivity contribution in [2.24, 2.45) is 7.05 Å². The van der Waals surface area contributed by atoms with E-state index in [1.54, 1.807) is 12.3 Å². The number of imidazole rings is 1. The highest BCUT2D eigenvalue weighted by atomic mass is 79.9. The number of aromatic amines is 1. The first-order valence-corrected chi connectivity index (χ1v) is 7.31. The number of rotatable bonds is 3. The monoisotopic (exact) mass is 354 g/mol. The Morgan fingerprint density at radius 3 is 2.95 bits per heavy atom. The zero-order valence-electron chi connectivity index (χ0n) is 10.7. The quantitative estimate of drug-likeness (QED) is 0.730. The Balaban J connectivity index is 1.99. The zero-order chi connectivity index (χ0) is 14.3. The van der Waals surface area contributed by atoms with Crippen LogP contribution in [0.1, 0.15) is 5.69 Å². The van der Waals surface area contributed by atoms with E-state index in [-0.39, 0.29) is 5.82 Å². The van der Waals surface area contributed by atoms with Gasteiger partial charge in [0.2, 0.25) is 0 Å². The summed E-state index contributed by atoms with van der Waals surface area (Å²) < 4.78 is 18.4. The molecule has 4 nitrogen and oxygen atoms in total. The number of nitrogens with one attached hydrogen (secondary N) is 1.